The van der Waals surface area contributed by atoms with Gasteiger partial charge < -0.3 is 5.11 Å². The molecule has 24 heavy (non-hydrogen) atoms. The molecule has 3 aromatic carbocycles. The van der Waals surface area contributed by atoms with Gasteiger partial charge in [-0.2, -0.15) is 4.57 Å². The number of aryl methyl sites for hydroxylation is 1. The Morgan fingerprint density at radius 3 is 1.92 bits per heavy atom. The second-order valence-corrected chi connectivity index (χ2v) is 6.08. The van der Waals surface area contributed by atoms with Crippen LogP contribution < -0.4 is 9.67 Å². The second-order valence-electron chi connectivity index (χ2n) is 6.08. The first kappa shape index (κ1) is 14.9. The number of hydrogen-bond acceptors (Lipinski definition) is 1. The maximum absolute atomic E-state index is 11.3. The molecule has 0 aliphatic rings. The first-order valence-electron chi connectivity index (χ1n) is 8.27. The number of pyridine rings is 1. The highest BCUT2D eigenvalue weighted by Gasteiger charge is 2.19. The molecule has 0 unspecified atom stereocenters. The molecule has 0 spiro atoms. The van der Waals surface area contributed by atoms with Gasteiger partial charge in [-0.05, 0) is 29.7 Å². The predicted octanol–water partition coefficient (Wildman–Crippen LogP) is 3.39. The third-order valence-corrected chi connectivity index (χ3v) is 4.73. The van der Waals surface area contributed by atoms with Crippen LogP contribution in [0.1, 0.15) is 5.56 Å². The average molecular weight is 313 g/mol. The number of aromatic nitrogens is 1. The molecule has 1 heterocycles. The average Bonchev–Trinajstić information content (AvgIpc) is 2.64. The van der Waals surface area contributed by atoms with Crippen molar-refractivity contribution < 1.29 is 9.67 Å². The molecular weight excluding hydrogens is 294 g/mol. The first-order valence-corrected chi connectivity index (χ1v) is 8.27. The molecule has 2 heteroatoms. The van der Waals surface area contributed by atoms with Gasteiger partial charge in [0.2, 0.25) is 11.0 Å². The van der Waals surface area contributed by atoms with Crippen LogP contribution in [-0.4, -0.2) is 6.61 Å². The van der Waals surface area contributed by atoms with Crippen molar-refractivity contribution in [2.75, 3.05) is 6.61 Å². The molecule has 2 nitrogen and oxygen atoms in total. The zero-order chi connectivity index (χ0) is 16.5. The van der Waals surface area contributed by atoms with Crippen molar-refractivity contribution in [2.45, 2.75) is 6.42 Å². The molecule has 0 saturated heterocycles. The van der Waals surface area contributed by atoms with E-state index < -0.39 is 0 Å². The number of benzene rings is 3. The summed E-state index contributed by atoms with van der Waals surface area (Å²) >= 11 is 0. The van der Waals surface area contributed by atoms with E-state index in [1.54, 1.807) is 0 Å². The van der Waals surface area contributed by atoms with Crippen LogP contribution in [-0.2, 0) is 13.5 Å². The summed E-state index contributed by atoms with van der Waals surface area (Å²) in [6.07, 6.45) is 0.555. The van der Waals surface area contributed by atoms with E-state index in [9.17, 15) is 5.11 Å². The van der Waals surface area contributed by atoms with Crippen LogP contribution in [0.15, 0.2) is 72.8 Å². The fourth-order valence-corrected chi connectivity index (χ4v) is 3.61. The smallest absolute Gasteiger partial charge is 0.213 e. The number of fused-ring (bicyclic) bond motifs is 2. The van der Waals surface area contributed by atoms with E-state index in [1.165, 1.54) is 32.9 Å². The molecule has 1 aromatic heterocycles. The summed E-state index contributed by atoms with van der Waals surface area (Å²) in [5.41, 5.74) is 5.91. The van der Waals surface area contributed by atoms with Gasteiger partial charge in [-0.3, -0.25) is 0 Å². The van der Waals surface area contributed by atoms with E-state index in [0.29, 0.717) is 6.42 Å². The molecule has 0 fully saturated rings. The summed E-state index contributed by atoms with van der Waals surface area (Å²) < 4.78 is 2.24. The molecule has 0 amide bonds. The maximum Gasteiger partial charge on any atom is 0.213 e. The fourth-order valence-electron chi connectivity index (χ4n) is 3.61. The summed E-state index contributed by atoms with van der Waals surface area (Å²) in [7, 11) is 2.11. The Hall–Kier alpha value is -2.71. The third-order valence-electron chi connectivity index (χ3n) is 4.73. The van der Waals surface area contributed by atoms with Gasteiger partial charge in [-0.1, -0.05) is 48.5 Å². The van der Waals surface area contributed by atoms with Gasteiger partial charge in [0.25, 0.3) is 0 Å². The van der Waals surface area contributed by atoms with Crippen LogP contribution in [0, 0.1) is 0 Å². The van der Waals surface area contributed by atoms with Crippen LogP contribution in [0.4, 0.5) is 0 Å². The van der Waals surface area contributed by atoms with Crippen molar-refractivity contribution in [2.24, 2.45) is 7.05 Å². The van der Waals surface area contributed by atoms with Crippen molar-refractivity contribution in [1.29, 1.82) is 0 Å². The van der Waals surface area contributed by atoms with Crippen molar-refractivity contribution in [1.82, 2.24) is 0 Å². The van der Waals surface area contributed by atoms with E-state index >= 15 is 0 Å². The SMILES string of the molecule is C[n+]1c2ccccc2c(-c2ccccc2CC[O-])c2ccccc21. The van der Waals surface area contributed by atoms with Crippen molar-refractivity contribution in [3.8, 4) is 11.1 Å². The lowest BCUT2D eigenvalue weighted by Crippen LogP contribution is -2.30. The van der Waals surface area contributed by atoms with Crippen LogP contribution in [0.2, 0.25) is 0 Å². The minimum absolute atomic E-state index is 0.0898. The van der Waals surface area contributed by atoms with Gasteiger partial charge in [-0.25, -0.2) is 0 Å². The van der Waals surface area contributed by atoms with Crippen LogP contribution in [0.5, 0.6) is 0 Å². The Balaban J connectivity index is 2.20. The molecule has 0 aliphatic heterocycles. The minimum atomic E-state index is -0.0898. The molecule has 4 rings (SSSR count). The highest BCUT2D eigenvalue weighted by atomic mass is 16.2. The van der Waals surface area contributed by atoms with Gasteiger partial charge in [0.15, 0.2) is 0 Å². The number of nitrogens with zero attached hydrogens (tertiary/aromatic N) is 1. The molecule has 0 saturated carbocycles. The first-order chi connectivity index (χ1) is 11.8. The van der Waals surface area contributed by atoms with Crippen molar-refractivity contribution in [3.05, 3.63) is 78.4 Å². The van der Waals surface area contributed by atoms with Crippen LogP contribution in [0.25, 0.3) is 32.9 Å². The number of hydrogen-bond donors (Lipinski definition) is 0. The molecule has 0 N–H and O–H groups in total. The highest BCUT2D eigenvalue weighted by Crippen LogP contribution is 2.35. The Morgan fingerprint density at radius 1 is 0.750 bits per heavy atom. The molecular formula is C22H19NO. The lowest BCUT2D eigenvalue weighted by atomic mass is 9.91. The third kappa shape index (κ3) is 2.27. The van der Waals surface area contributed by atoms with Crippen molar-refractivity contribution in [3.63, 3.8) is 0 Å². The lowest BCUT2D eigenvalue weighted by Gasteiger charge is -2.15. The van der Waals surface area contributed by atoms with Gasteiger partial charge in [0.1, 0.15) is 7.05 Å². The topological polar surface area (TPSA) is 26.9 Å². The monoisotopic (exact) mass is 313 g/mol. The standard InChI is InChI=1S/C22H19NO/c1-23-20-12-6-4-10-18(20)22(19-11-5-7-13-21(19)23)17-9-3-2-8-16(17)14-15-24/h2-13H,14-15H2,1H3. The molecule has 118 valence electrons. The van der Waals surface area contributed by atoms with Gasteiger partial charge in [0, 0.05) is 17.7 Å². The van der Waals surface area contributed by atoms with Gasteiger partial charge in [-0.15, -0.1) is 6.61 Å². The molecule has 0 bridgehead atoms. The van der Waals surface area contributed by atoms with Gasteiger partial charge >= 0.3 is 0 Å². The highest BCUT2D eigenvalue weighted by molar-refractivity contribution is 6.07. The molecule has 0 atom stereocenters. The Kier molecular flexibility index (Phi) is 3.75. The second kappa shape index (κ2) is 6.06. The largest absolute Gasteiger partial charge is 0.854 e. The zero-order valence-corrected chi connectivity index (χ0v) is 13.7. The maximum atomic E-state index is 11.3. The lowest BCUT2D eigenvalue weighted by molar-refractivity contribution is -0.617. The van der Waals surface area contributed by atoms with E-state index in [-0.39, 0.29) is 6.61 Å². The quantitative estimate of drug-likeness (QED) is 0.421. The van der Waals surface area contributed by atoms with E-state index in [4.69, 9.17) is 0 Å². The summed E-state index contributed by atoms with van der Waals surface area (Å²) in [5, 5.41) is 13.7. The van der Waals surface area contributed by atoms with Crippen molar-refractivity contribution >= 4 is 21.8 Å². The normalized spacial score (nSPS) is 11.2. The molecule has 0 radical (unpaired) electrons. The zero-order valence-electron chi connectivity index (χ0n) is 13.7. The Labute approximate surface area is 141 Å². The Morgan fingerprint density at radius 2 is 1.29 bits per heavy atom. The Bertz CT molecular complexity index is 979. The van der Waals surface area contributed by atoms with Crippen LogP contribution in [0.3, 0.4) is 0 Å². The van der Waals surface area contributed by atoms with Crippen LogP contribution >= 0.6 is 0 Å². The minimum Gasteiger partial charge on any atom is -0.854 e. The summed E-state index contributed by atoms with van der Waals surface area (Å²) in [6, 6.07) is 25.2. The predicted molar refractivity (Wildman–Crippen MR) is 96.6 cm³/mol. The summed E-state index contributed by atoms with van der Waals surface area (Å²) in [4.78, 5) is 0. The number of para-hydroxylation sites is 2. The fraction of sp³-hybridized carbons (Fsp3) is 0.136. The van der Waals surface area contributed by atoms with Gasteiger partial charge in [0.05, 0.1) is 10.8 Å². The van der Waals surface area contributed by atoms with E-state index in [0.717, 1.165) is 5.56 Å². The summed E-state index contributed by atoms with van der Waals surface area (Å²) in [5.74, 6) is 0. The molecule has 0 aliphatic carbocycles. The molecule has 4 aromatic rings. The number of rotatable bonds is 3. The summed E-state index contributed by atoms with van der Waals surface area (Å²) in [6.45, 7) is -0.0898. The van der Waals surface area contributed by atoms with E-state index in [1.807, 2.05) is 6.07 Å². The van der Waals surface area contributed by atoms with E-state index in [2.05, 4.69) is 78.3 Å².